The molecule has 0 heterocycles. The predicted octanol–water partition coefficient (Wildman–Crippen LogP) is 4.79. The molecule has 0 saturated carbocycles. The van der Waals surface area contributed by atoms with Crippen LogP contribution in [0.2, 0.25) is 5.02 Å². The van der Waals surface area contributed by atoms with Crippen LogP contribution >= 0.6 is 11.6 Å². The number of rotatable bonds is 4. The lowest BCUT2D eigenvalue weighted by atomic mass is 10.0. The van der Waals surface area contributed by atoms with E-state index in [1.807, 2.05) is 18.2 Å². The van der Waals surface area contributed by atoms with Gasteiger partial charge in [-0.2, -0.15) is 0 Å². The lowest BCUT2D eigenvalue weighted by molar-refractivity contribution is 0.0734. The quantitative estimate of drug-likeness (QED) is 0.391. The number of esters is 1. The molecule has 0 bridgehead atoms. The number of carbonyl (C=O) groups excluding carboxylic acids is 2. The lowest BCUT2D eigenvalue weighted by Gasteiger charge is -2.06. The van der Waals surface area contributed by atoms with Gasteiger partial charge in [-0.1, -0.05) is 41.9 Å². The van der Waals surface area contributed by atoms with Crippen LogP contribution in [0.3, 0.4) is 0 Å². The largest absolute Gasteiger partial charge is 0.423 e. The highest BCUT2D eigenvalue weighted by Gasteiger charge is 2.11. The summed E-state index contributed by atoms with van der Waals surface area (Å²) in [6.07, 6.45) is 0. The molecule has 24 heavy (non-hydrogen) atoms. The monoisotopic (exact) mass is 336 g/mol. The third-order valence-corrected chi connectivity index (χ3v) is 3.69. The number of ether oxygens (including phenoxy) is 1. The molecule has 0 radical (unpaired) electrons. The van der Waals surface area contributed by atoms with E-state index in [0.717, 1.165) is 0 Å². The molecule has 0 fully saturated rings. The van der Waals surface area contributed by atoms with Crippen molar-refractivity contribution in [2.75, 3.05) is 0 Å². The van der Waals surface area contributed by atoms with Crippen LogP contribution in [0.4, 0.5) is 0 Å². The zero-order chi connectivity index (χ0) is 16.9. The summed E-state index contributed by atoms with van der Waals surface area (Å²) in [7, 11) is 0. The van der Waals surface area contributed by atoms with Gasteiger partial charge in [0.25, 0.3) is 0 Å². The molecule has 118 valence electrons. The highest BCUT2D eigenvalue weighted by molar-refractivity contribution is 6.30. The van der Waals surface area contributed by atoms with Crippen LogP contribution in [-0.2, 0) is 0 Å². The highest BCUT2D eigenvalue weighted by atomic mass is 35.5. The fraction of sp³-hybridized carbons (Fsp3) is 0. The molecule has 3 aromatic carbocycles. The van der Waals surface area contributed by atoms with Crippen molar-refractivity contribution >= 4 is 23.4 Å². The lowest BCUT2D eigenvalue weighted by Crippen LogP contribution is -2.08. The van der Waals surface area contributed by atoms with Gasteiger partial charge in [-0.15, -0.1) is 0 Å². The van der Waals surface area contributed by atoms with Gasteiger partial charge in [-0.3, -0.25) is 4.79 Å². The molecular formula is C20H13ClO3. The molecule has 0 aliphatic heterocycles. The average molecular weight is 337 g/mol. The Labute approximate surface area is 144 Å². The van der Waals surface area contributed by atoms with Crippen LogP contribution < -0.4 is 4.74 Å². The molecule has 0 spiro atoms. The molecular weight excluding hydrogens is 324 g/mol. The molecule has 3 aromatic rings. The van der Waals surface area contributed by atoms with Gasteiger partial charge in [0.15, 0.2) is 5.78 Å². The second-order valence-electron chi connectivity index (χ2n) is 5.12. The van der Waals surface area contributed by atoms with Crippen molar-refractivity contribution in [3.8, 4) is 5.75 Å². The Kier molecular flexibility index (Phi) is 4.73. The number of halogens is 1. The topological polar surface area (TPSA) is 43.4 Å². The number of hydrogen-bond acceptors (Lipinski definition) is 3. The molecule has 0 atom stereocenters. The first-order valence-electron chi connectivity index (χ1n) is 7.31. The summed E-state index contributed by atoms with van der Waals surface area (Å²) in [5, 5.41) is 0.551. The van der Waals surface area contributed by atoms with E-state index in [-0.39, 0.29) is 5.78 Å². The standard InChI is InChI=1S/C20H13ClO3/c21-17-10-6-16(7-11-17)20(23)24-18-12-8-15(9-13-18)19(22)14-4-2-1-3-5-14/h1-13H. The fourth-order valence-electron chi connectivity index (χ4n) is 2.18. The van der Waals surface area contributed by atoms with Crippen molar-refractivity contribution in [3.05, 3.63) is 101 Å². The minimum Gasteiger partial charge on any atom is -0.423 e. The Bertz CT molecular complexity index is 854. The van der Waals surface area contributed by atoms with Crippen LogP contribution in [0.15, 0.2) is 78.9 Å². The Hall–Kier alpha value is -2.91. The zero-order valence-electron chi connectivity index (χ0n) is 12.6. The van der Waals surface area contributed by atoms with Crippen molar-refractivity contribution in [2.45, 2.75) is 0 Å². The molecule has 0 N–H and O–H groups in total. The van der Waals surface area contributed by atoms with Gasteiger partial charge in [0.05, 0.1) is 5.56 Å². The third kappa shape index (κ3) is 3.70. The molecule has 0 aromatic heterocycles. The third-order valence-electron chi connectivity index (χ3n) is 3.44. The Morgan fingerprint density at radius 2 is 1.21 bits per heavy atom. The maximum absolute atomic E-state index is 12.3. The van der Waals surface area contributed by atoms with Gasteiger partial charge in [-0.05, 0) is 48.5 Å². The van der Waals surface area contributed by atoms with Crippen molar-refractivity contribution in [1.82, 2.24) is 0 Å². The Morgan fingerprint density at radius 1 is 0.667 bits per heavy atom. The molecule has 0 unspecified atom stereocenters. The summed E-state index contributed by atoms with van der Waals surface area (Å²) in [6.45, 7) is 0. The van der Waals surface area contributed by atoms with E-state index >= 15 is 0 Å². The van der Waals surface area contributed by atoms with E-state index in [1.54, 1.807) is 60.7 Å². The van der Waals surface area contributed by atoms with Crippen LogP contribution in [0, 0.1) is 0 Å². The van der Waals surface area contributed by atoms with Gasteiger partial charge in [-0.25, -0.2) is 4.79 Å². The van der Waals surface area contributed by atoms with Gasteiger partial charge in [0.2, 0.25) is 0 Å². The first kappa shape index (κ1) is 16.0. The second-order valence-corrected chi connectivity index (χ2v) is 5.55. The first-order valence-corrected chi connectivity index (χ1v) is 7.69. The average Bonchev–Trinajstić information content (AvgIpc) is 2.63. The zero-order valence-corrected chi connectivity index (χ0v) is 13.4. The van der Waals surface area contributed by atoms with Crippen LogP contribution in [0.25, 0.3) is 0 Å². The van der Waals surface area contributed by atoms with E-state index in [9.17, 15) is 9.59 Å². The summed E-state index contributed by atoms with van der Waals surface area (Å²) < 4.78 is 5.29. The molecule has 0 amide bonds. The molecule has 3 rings (SSSR count). The SMILES string of the molecule is O=C(Oc1ccc(C(=O)c2ccccc2)cc1)c1ccc(Cl)cc1. The van der Waals surface area contributed by atoms with Crippen LogP contribution in [0.1, 0.15) is 26.3 Å². The van der Waals surface area contributed by atoms with E-state index in [0.29, 0.717) is 27.5 Å². The van der Waals surface area contributed by atoms with E-state index in [4.69, 9.17) is 16.3 Å². The molecule has 0 aliphatic carbocycles. The summed E-state index contributed by atoms with van der Waals surface area (Å²) >= 11 is 5.79. The van der Waals surface area contributed by atoms with Crippen molar-refractivity contribution in [1.29, 1.82) is 0 Å². The molecule has 0 aliphatic rings. The molecule has 0 saturated heterocycles. The smallest absolute Gasteiger partial charge is 0.343 e. The van der Waals surface area contributed by atoms with Crippen molar-refractivity contribution in [2.24, 2.45) is 0 Å². The number of benzene rings is 3. The second kappa shape index (κ2) is 7.11. The van der Waals surface area contributed by atoms with Gasteiger partial charge < -0.3 is 4.74 Å². The predicted molar refractivity (Wildman–Crippen MR) is 92.7 cm³/mol. The first-order chi connectivity index (χ1) is 11.6. The summed E-state index contributed by atoms with van der Waals surface area (Å²) in [5.41, 5.74) is 1.56. The molecule has 4 heteroatoms. The minimum atomic E-state index is -0.478. The highest BCUT2D eigenvalue weighted by Crippen LogP contribution is 2.17. The van der Waals surface area contributed by atoms with Crippen LogP contribution in [-0.4, -0.2) is 11.8 Å². The van der Waals surface area contributed by atoms with Crippen molar-refractivity contribution in [3.63, 3.8) is 0 Å². The maximum atomic E-state index is 12.3. The van der Waals surface area contributed by atoms with Gasteiger partial charge >= 0.3 is 5.97 Å². The Morgan fingerprint density at radius 3 is 1.83 bits per heavy atom. The normalized spacial score (nSPS) is 10.2. The van der Waals surface area contributed by atoms with Crippen molar-refractivity contribution < 1.29 is 14.3 Å². The summed E-state index contributed by atoms with van der Waals surface area (Å²) in [5.74, 6) is -0.181. The summed E-state index contributed by atoms with van der Waals surface area (Å²) in [6, 6.07) is 21.9. The Balaban J connectivity index is 1.72. The number of ketones is 1. The van der Waals surface area contributed by atoms with Gasteiger partial charge in [0.1, 0.15) is 5.75 Å². The van der Waals surface area contributed by atoms with Crippen LogP contribution in [0.5, 0.6) is 5.75 Å². The van der Waals surface area contributed by atoms with E-state index in [1.165, 1.54) is 0 Å². The van der Waals surface area contributed by atoms with E-state index in [2.05, 4.69) is 0 Å². The van der Waals surface area contributed by atoms with Gasteiger partial charge in [0, 0.05) is 16.1 Å². The molecule has 3 nitrogen and oxygen atoms in total. The minimum absolute atomic E-state index is 0.0776. The number of carbonyl (C=O) groups is 2. The van der Waals surface area contributed by atoms with E-state index < -0.39 is 5.97 Å². The number of hydrogen-bond donors (Lipinski definition) is 0. The maximum Gasteiger partial charge on any atom is 0.343 e. The summed E-state index contributed by atoms with van der Waals surface area (Å²) in [4.78, 5) is 24.3. The fourth-order valence-corrected chi connectivity index (χ4v) is 2.31.